The number of pyridine rings is 1. The van der Waals surface area contributed by atoms with Gasteiger partial charge in [-0.15, -0.1) is 0 Å². The number of nitrogens with zero attached hydrogens (tertiary/aromatic N) is 2. The van der Waals surface area contributed by atoms with E-state index in [2.05, 4.69) is 39.0 Å². The summed E-state index contributed by atoms with van der Waals surface area (Å²) in [6.07, 6.45) is 1.77. The number of H-pyrrole nitrogens is 1. The van der Waals surface area contributed by atoms with Gasteiger partial charge in [-0.3, -0.25) is 4.90 Å². The van der Waals surface area contributed by atoms with Gasteiger partial charge in [-0.05, 0) is 18.2 Å². The maximum atomic E-state index is 6.25. The van der Waals surface area contributed by atoms with E-state index in [-0.39, 0.29) is 0 Å². The number of benzene rings is 1. The van der Waals surface area contributed by atoms with E-state index in [0.717, 1.165) is 32.0 Å². The summed E-state index contributed by atoms with van der Waals surface area (Å²) >= 11 is 12.2. The largest absolute Gasteiger partial charge is 0.364 e. The lowest BCUT2D eigenvalue weighted by Crippen LogP contribution is -2.48. The number of halogens is 2. The molecule has 0 radical (unpaired) electrons. The monoisotopic (exact) mass is 308 g/mol. The minimum absolute atomic E-state index is 0.627. The number of aromatic amines is 1. The van der Waals surface area contributed by atoms with E-state index in [1.165, 1.54) is 5.69 Å². The second-order valence-electron chi connectivity index (χ2n) is 4.82. The zero-order valence-corrected chi connectivity index (χ0v) is 12.5. The van der Waals surface area contributed by atoms with Gasteiger partial charge in [-0.2, -0.15) is 0 Å². The van der Waals surface area contributed by atoms with Crippen LogP contribution in [0, 0.1) is 0 Å². The van der Waals surface area contributed by atoms with Crippen LogP contribution in [0.15, 0.2) is 42.6 Å². The number of hydrogen-bond donors (Lipinski definition) is 0. The molecule has 104 valence electrons. The number of nitrogens with one attached hydrogen (secondary N) is 1. The standard InChI is InChI=1S/C15H15Cl2N3/c16-12-10-14(17)15(18-11-12)20-8-6-19(7-9-20)13-4-2-1-3-5-13/h1-5,10-11H,6-9H2/p+1. The molecule has 1 fully saturated rings. The molecule has 0 unspecified atom stereocenters. The molecule has 1 saturated heterocycles. The van der Waals surface area contributed by atoms with E-state index in [4.69, 9.17) is 23.2 Å². The summed E-state index contributed by atoms with van der Waals surface area (Å²) in [5, 5.41) is 1.30. The van der Waals surface area contributed by atoms with E-state index in [1.807, 2.05) is 6.07 Å². The Morgan fingerprint density at radius 2 is 1.55 bits per heavy atom. The molecule has 5 heteroatoms. The van der Waals surface area contributed by atoms with Crippen LogP contribution in [0.3, 0.4) is 0 Å². The van der Waals surface area contributed by atoms with Gasteiger partial charge in [0.05, 0.1) is 18.1 Å². The Bertz CT molecular complexity index is 581. The van der Waals surface area contributed by atoms with Gasteiger partial charge in [0, 0.05) is 5.69 Å². The van der Waals surface area contributed by atoms with Crippen molar-refractivity contribution in [3.8, 4) is 0 Å². The van der Waals surface area contributed by atoms with Crippen LogP contribution in [0.1, 0.15) is 0 Å². The SMILES string of the molecule is Clc1c[nH+]c(N2CCN(c3ccccc3)CC2)c(Cl)c1. The highest BCUT2D eigenvalue weighted by Gasteiger charge is 2.25. The molecule has 20 heavy (non-hydrogen) atoms. The summed E-state index contributed by atoms with van der Waals surface area (Å²) in [6, 6.07) is 12.3. The minimum Gasteiger partial charge on any atom is -0.364 e. The van der Waals surface area contributed by atoms with Gasteiger partial charge in [0.25, 0.3) is 5.82 Å². The Morgan fingerprint density at radius 1 is 0.900 bits per heavy atom. The van der Waals surface area contributed by atoms with Gasteiger partial charge in [-0.1, -0.05) is 41.4 Å². The van der Waals surface area contributed by atoms with E-state index in [1.54, 1.807) is 12.3 Å². The quantitative estimate of drug-likeness (QED) is 0.849. The second kappa shape index (κ2) is 5.90. The van der Waals surface area contributed by atoms with Gasteiger partial charge in [0.1, 0.15) is 24.3 Å². The molecule has 1 aliphatic rings. The van der Waals surface area contributed by atoms with Crippen LogP contribution in [0.5, 0.6) is 0 Å². The van der Waals surface area contributed by atoms with E-state index in [9.17, 15) is 0 Å². The van der Waals surface area contributed by atoms with Crippen molar-refractivity contribution in [1.29, 1.82) is 0 Å². The topological polar surface area (TPSA) is 20.6 Å². The summed E-state index contributed by atoms with van der Waals surface area (Å²) in [5.41, 5.74) is 1.28. The Labute approximate surface area is 128 Å². The van der Waals surface area contributed by atoms with E-state index in [0.29, 0.717) is 10.0 Å². The molecule has 1 N–H and O–H groups in total. The van der Waals surface area contributed by atoms with Gasteiger partial charge >= 0.3 is 0 Å². The number of aromatic nitrogens is 1. The van der Waals surface area contributed by atoms with Crippen molar-refractivity contribution >= 4 is 34.7 Å². The molecule has 1 aromatic carbocycles. The third-order valence-corrected chi connectivity index (χ3v) is 4.06. The smallest absolute Gasteiger partial charge is 0.293 e. The molecule has 0 aliphatic carbocycles. The molecular weight excluding hydrogens is 293 g/mol. The predicted molar refractivity (Wildman–Crippen MR) is 83.9 cm³/mol. The maximum Gasteiger partial charge on any atom is 0.293 e. The fourth-order valence-corrected chi connectivity index (χ4v) is 3.02. The Morgan fingerprint density at radius 3 is 2.20 bits per heavy atom. The highest BCUT2D eigenvalue weighted by molar-refractivity contribution is 6.35. The van der Waals surface area contributed by atoms with Crippen LogP contribution in [-0.4, -0.2) is 26.2 Å². The van der Waals surface area contributed by atoms with Crippen LogP contribution in [0.25, 0.3) is 0 Å². The van der Waals surface area contributed by atoms with Crippen molar-refractivity contribution in [2.24, 2.45) is 0 Å². The van der Waals surface area contributed by atoms with Crippen molar-refractivity contribution in [2.75, 3.05) is 36.0 Å². The Balaban J connectivity index is 1.69. The van der Waals surface area contributed by atoms with Crippen molar-refractivity contribution in [3.05, 3.63) is 52.6 Å². The molecule has 1 aliphatic heterocycles. The highest BCUT2D eigenvalue weighted by atomic mass is 35.5. The van der Waals surface area contributed by atoms with Crippen LogP contribution >= 0.6 is 23.2 Å². The second-order valence-corrected chi connectivity index (χ2v) is 5.67. The normalized spacial score (nSPS) is 15.5. The van der Waals surface area contributed by atoms with Crippen molar-refractivity contribution in [2.45, 2.75) is 0 Å². The summed E-state index contributed by atoms with van der Waals surface area (Å²) < 4.78 is 0. The first-order valence-electron chi connectivity index (χ1n) is 6.66. The lowest BCUT2D eigenvalue weighted by Gasteiger charge is -2.32. The minimum atomic E-state index is 0.627. The third kappa shape index (κ3) is 2.84. The molecule has 2 heterocycles. The third-order valence-electron chi connectivity index (χ3n) is 3.55. The van der Waals surface area contributed by atoms with Gasteiger partial charge in [-0.25, -0.2) is 4.98 Å². The predicted octanol–water partition coefficient (Wildman–Crippen LogP) is 3.13. The van der Waals surface area contributed by atoms with Crippen LogP contribution in [-0.2, 0) is 0 Å². The van der Waals surface area contributed by atoms with Crippen molar-refractivity contribution < 1.29 is 4.98 Å². The van der Waals surface area contributed by atoms with Crippen LogP contribution < -0.4 is 14.8 Å². The van der Waals surface area contributed by atoms with Crippen molar-refractivity contribution in [3.63, 3.8) is 0 Å². The molecule has 3 nitrogen and oxygen atoms in total. The van der Waals surface area contributed by atoms with E-state index >= 15 is 0 Å². The maximum absolute atomic E-state index is 6.25. The highest BCUT2D eigenvalue weighted by Crippen LogP contribution is 2.25. The lowest BCUT2D eigenvalue weighted by atomic mass is 10.2. The molecule has 0 atom stereocenters. The first kappa shape index (κ1) is 13.5. The zero-order chi connectivity index (χ0) is 13.9. The molecule has 0 amide bonds. The Kier molecular flexibility index (Phi) is 3.99. The first-order valence-corrected chi connectivity index (χ1v) is 7.41. The molecule has 0 spiro atoms. The van der Waals surface area contributed by atoms with Crippen LogP contribution in [0.2, 0.25) is 10.0 Å². The zero-order valence-electron chi connectivity index (χ0n) is 11.0. The summed E-state index contributed by atoms with van der Waals surface area (Å²) in [6.45, 7) is 3.84. The summed E-state index contributed by atoms with van der Waals surface area (Å²) in [5.74, 6) is 0.948. The number of anilines is 2. The molecule has 0 bridgehead atoms. The number of hydrogen-bond acceptors (Lipinski definition) is 2. The van der Waals surface area contributed by atoms with E-state index < -0.39 is 0 Å². The van der Waals surface area contributed by atoms with Gasteiger partial charge < -0.3 is 4.90 Å². The number of rotatable bonds is 2. The molecule has 2 aromatic rings. The average molecular weight is 309 g/mol. The summed E-state index contributed by atoms with van der Waals surface area (Å²) in [4.78, 5) is 7.82. The fourth-order valence-electron chi connectivity index (χ4n) is 2.51. The lowest BCUT2D eigenvalue weighted by molar-refractivity contribution is -0.363. The van der Waals surface area contributed by atoms with Crippen LogP contribution in [0.4, 0.5) is 11.5 Å². The first-order chi connectivity index (χ1) is 9.74. The Hall–Kier alpha value is -1.45. The number of para-hydroxylation sites is 1. The van der Waals surface area contributed by atoms with Gasteiger partial charge in [0.2, 0.25) is 0 Å². The molecule has 0 saturated carbocycles. The fraction of sp³-hybridized carbons (Fsp3) is 0.267. The van der Waals surface area contributed by atoms with Crippen molar-refractivity contribution in [1.82, 2.24) is 0 Å². The molecule has 3 rings (SSSR count). The van der Waals surface area contributed by atoms with Gasteiger partial charge in [0.15, 0.2) is 0 Å². The summed E-state index contributed by atoms with van der Waals surface area (Å²) in [7, 11) is 0. The molecule has 1 aromatic heterocycles. The molecular formula is C15H16Cl2N3+. The number of piperazine rings is 1. The average Bonchev–Trinajstić information content (AvgIpc) is 2.48.